The zero-order chi connectivity index (χ0) is 18.2. The Kier molecular flexibility index (Phi) is 10.2. The van der Waals surface area contributed by atoms with Crippen LogP contribution in [0.1, 0.15) is 39.7 Å². The van der Waals surface area contributed by atoms with Crippen molar-refractivity contribution in [2.24, 2.45) is 11.7 Å². The number of nitrogens with two attached hydrogens (primary N) is 1. The molecule has 0 aliphatic rings. The lowest BCUT2D eigenvalue weighted by Crippen LogP contribution is -2.53. The Morgan fingerprint density at radius 3 is 2.56 bits per heavy atom. The molecule has 1 atom stereocenters. The number of methoxy groups -OCH3 is 1. The van der Waals surface area contributed by atoms with Gasteiger partial charge in [-0.05, 0) is 43.9 Å². The zero-order valence-electron chi connectivity index (χ0n) is 15.8. The Balaban J connectivity index is 0.00000576. The number of rotatable bonds is 9. The number of hydrogen-bond donors (Lipinski definition) is 2. The maximum Gasteiger partial charge on any atom is 0.258 e. The molecule has 1 rings (SSSR count). The topological polar surface area (TPSA) is 73.6 Å². The second kappa shape index (κ2) is 11.0. The zero-order valence-corrected chi connectivity index (χ0v) is 16.6. The summed E-state index contributed by atoms with van der Waals surface area (Å²) < 4.78 is 10.9. The lowest BCUT2D eigenvalue weighted by atomic mass is 9.91. The van der Waals surface area contributed by atoms with Crippen molar-refractivity contribution in [1.29, 1.82) is 0 Å². The van der Waals surface area contributed by atoms with Gasteiger partial charge in [0.05, 0.1) is 7.11 Å². The summed E-state index contributed by atoms with van der Waals surface area (Å²) >= 11 is 0. The van der Waals surface area contributed by atoms with E-state index in [1.807, 2.05) is 38.1 Å². The maximum atomic E-state index is 12.2. The highest BCUT2D eigenvalue weighted by atomic mass is 35.5. The van der Waals surface area contributed by atoms with Crippen LogP contribution in [0, 0.1) is 5.92 Å². The smallest absolute Gasteiger partial charge is 0.258 e. The second-order valence-electron chi connectivity index (χ2n) is 6.61. The summed E-state index contributed by atoms with van der Waals surface area (Å²) in [5, 5.41) is 2.97. The number of amides is 1. The monoisotopic (exact) mass is 370 g/mol. The van der Waals surface area contributed by atoms with E-state index < -0.39 is 5.54 Å². The van der Waals surface area contributed by atoms with Gasteiger partial charge >= 0.3 is 0 Å². The predicted octanol–water partition coefficient (Wildman–Crippen LogP) is 3.41. The molecule has 0 saturated heterocycles. The first-order valence-electron chi connectivity index (χ1n) is 8.28. The van der Waals surface area contributed by atoms with Crippen LogP contribution < -0.4 is 20.5 Å². The van der Waals surface area contributed by atoms with Gasteiger partial charge < -0.3 is 20.5 Å². The molecule has 0 fully saturated rings. The fourth-order valence-corrected chi connectivity index (χ4v) is 2.70. The van der Waals surface area contributed by atoms with Crippen molar-refractivity contribution in [2.45, 2.75) is 39.7 Å². The van der Waals surface area contributed by atoms with Gasteiger partial charge in [-0.25, -0.2) is 0 Å². The molecule has 1 aromatic rings. The molecule has 142 valence electrons. The standard InChI is InChI=1S/C19H30N2O3.ClH/c1-6-7-15-8-9-16(17(10-15)23-5)24-12-18(22)21-19(4,13-20)11-14(2)3;/h6-10,14H,11-13,20H2,1-5H3,(H,21,22);1H/b7-6+;. The molecule has 0 spiro atoms. The SMILES string of the molecule is C/C=C/c1ccc(OCC(=O)NC(C)(CN)CC(C)C)c(OC)c1.Cl. The quantitative estimate of drug-likeness (QED) is 0.698. The Morgan fingerprint density at radius 1 is 1.36 bits per heavy atom. The van der Waals surface area contributed by atoms with Crippen molar-refractivity contribution < 1.29 is 14.3 Å². The molecule has 0 aliphatic carbocycles. The number of allylic oxidation sites excluding steroid dienone is 1. The molecule has 1 amide bonds. The first-order chi connectivity index (χ1) is 11.3. The largest absolute Gasteiger partial charge is 0.493 e. The third-order valence-corrected chi connectivity index (χ3v) is 3.66. The minimum absolute atomic E-state index is 0. The van der Waals surface area contributed by atoms with E-state index in [1.54, 1.807) is 13.2 Å². The van der Waals surface area contributed by atoms with Crippen molar-refractivity contribution in [1.82, 2.24) is 5.32 Å². The van der Waals surface area contributed by atoms with E-state index in [9.17, 15) is 4.79 Å². The van der Waals surface area contributed by atoms with Crippen molar-refractivity contribution in [3.8, 4) is 11.5 Å². The van der Waals surface area contributed by atoms with E-state index >= 15 is 0 Å². The lowest BCUT2D eigenvalue weighted by Gasteiger charge is -2.31. The molecule has 0 aliphatic heterocycles. The van der Waals surface area contributed by atoms with Crippen LogP contribution in [-0.2, 0) is 4.79 Å². The number of carbonyl (C=O) groups excluding carboxylic acids is 1. The van der Waals surface area contributed by atoms with E-state index in [0.29, 0.717) is 24.0 Å². The minimum atomic E-state index is -0.422. The van der Waals surface area contributed by atoms with Crippen LogP contribution in [0.5, 0.6) is 11.5 Å². The summed E-state index contributed by atoms with van der Waals surface area (Å²) in [7, 11) is 1.58. The van der Waals surface area contributed by atoms with E-state index in [4.69, 9.17) is 15.2 Å². The molecule has 0 bridgehead atoms. The van der Waals surface area contributed by atoms with Gasteiger partial charge in [0.1, 0.15) is 0 Å². The summed E-state index contributed by atoms with van der Waals surface area (Å²) in [6.45, 7) is 8.43. The highest BCUT2D eigenvalue weighted by Gasteiger charge is 2.26. The van der Waals surface area contributed by atoms with Gasteiger partial charge in [0, 0.05) is 12.1 Å². The van der Waals surface area contributed by atoms with Crippen LogP contribution >= 0.6 is 12.4 Å². The van der Waals surface area contributed by atoms with E-state index in [0.717, 1.165) is 12.0 Å². The lowest BCUT2D eigenvalue weighted by molar-refractivity contribution is -0.125. The third kappa shape index (κ3) is 7.80. The minimum Gasteiger partial charge on any atom is -0.493 e. The van der Waals surface area contributed by atoms with Gasteiger partial charge in [0.25, 0.3) is 5.91 Å². The number of carbonyl (C=O) groups is 1. The van der Waals surface area contributed by atoms with Crippen molar-refractivity contribution in [2.75, 3.05) is 20.3 Å². The highest BCUT2D eigenvalue weighted by Crippen LogP contribution is 2.28. The Hall–Kier alpha value is -1.72. The average Bonchev–Trinajstić information content (AvgIpc) is 2.53. The van der Waals surface area contributed by atoms with Crippen molar-refractivity contribution in [3.63, 3.8) is 0 Å². The van der Waals surface area contributed by atoms with Crippen LogP contribution in [-0.4, -0.2) is 31.7 Å². The second-order valence-corrected chi connectivity index (χ2v) is 6.61. The number of benzene rings is 1. The molecule has 1 unspecified atom stereocenters. The van der Waals surface area contributed by atoms with Crippen molar-refractivity contribution >= 4 is 24.4 Å². The van der Waals surface area contributed by atoms with Gasteiger partial charge in [0.15, 0.2) is 18.1 Å². The summed E-state index contributed by atoms with van der Waals surface area (Å²) in [6.07, 6.45) is 4.74. The van der Waals surface area contributed by atoms with Crippen LogP contribution in [0.25, 0.3) is 6.08 Å². The van der Waals surface area contributed by atoms with E-state index in [-0.39, 0.29) is 24.9 Å². The molecule has 5 nitrogen and oxygen atoms in total. The van der Waals surface area contributed by atoms with Crippen LogP contribution in [0.15, 0.2) is 24.3 Å². The van der Waals surface area contributed by atoms with Crippen LogP contribution in [0.2, 0.25) is 0 Å². The Labute approximate surface area is 157 Å². The molecule has 3 N–H and O–H groups in total. The average molecular weight is 371 g/mol. The number of halogens is 1. The van der Waals surface area contributed by atoms with Gasteiger partial charge in [0.2, 0.25) is 0 Å². The van der Waals surface area contributed by atoms with Gasteiger partial charge in [-0.2, -0.15) is 0 Å². The third-order valence-electron chi connectivity index (χ3n) is 3.66. The van der Waals surface area contributed by atoms with Crippen molar-refractivity contribution in [3.05, 3.63) is 29.8 Å². The number of ether oxygens (including phenoxy) is 2. The molecule has 0 radical (unpaired) electrons. The predicted molar refractivity (Wildman–Crippen MR) is 106 cm³/mol. The molecule has 6 heteroatoms. The van der Waals surface area contributed by atoms with Gasteiger partial charge in [-0.15, -0.1) is 12.4 Å². The van der Waals surface area contributed by atoms with Crippen LogP contribution in [0.4, 0.5) is 0 Å². The maximum absolute atomic E-state index is 12.2. The molecular weight excluding hydrogens is 340 g/mol. The first-order valence-corrected chi connectivity index (χ1v) is 8.28. The normalized spacial score (nSPS) is 13.2. The molecule has 0 heterocycles. The Morgan fingerprint density at radius 2 is 2.04 bits per heavy atom. The fraction of sp³-hybridized carbons (Fsp3) is 0.526. The van der Waals surface area contributed by atoms with E-state index in [1.165, 1.54) is 0 Å². The summed E-state index contributed by atoms with van der Waals surface area (Å²) in [4.78, 5) is 12.2. The van der Waals surface area contributed by atoms with Crippen LogP contribution in [0.3, 0.4) is 0 Å². The molecular formula is C19H31ClN2O3. The number of hydrogen-bond acceptors (Lipinski definition) is 4. The summed E-state index contributed by atoms with van der Waals surface area (Å²) in [5.41, 5.74) is 6.41. The van der Waals surface area contributed by atoms with Gasteiger partial charge in [-0.1, -0.05) is 32.1 Å². The summed E-state index contributed by atoms with van der Waals surface area (Å²) in [6, 6.07) is 5.59. The first kappa shape index (κ1) is 23.3. The van der Waals surface area contributed by atoms with Gasteiger partial charge in [-0.3, -0.25) is 4.79 Å². The van der Waals surface area contributed by atoms with E-state index in [2.05, 4.69) is 19.2 Å². The molecule has 0 saturated carbocycles. The molecule has 1 aromatic carbocycles. The molecule has 25 heavy (non-hydrogen) atoms. The Bertz CT molecular complexity index is 576. The fourth-order valence-electron chi connectivity index (χ4n) is 2.70. The number of nitrogens with one attached hydrogen (secondary N) is 1. The highest BCUT2D eigenvalue weighted by molar-refractivity contribution is 5.85. The summed E-state index contributed by atoms with van der Waals surface area (Å²) in [5.74, 6) is 1.39. The molecule has 0 aromatic heterocycles.